The minimum Gasteiger partial charge on any atom is -0.312 e. The lowest BCUT2D eigenvalue weighted by molar-refractivity contribution is 0.178. The minimum absolute atomic E-state index is 0.370. The van der Waals surface area contributed by atoms with Crippen molar-refractivity contribution in [1.29, 1.82) is 0 Å². The molecule has 118 valence electrons. The van der Waals surface area contributed by atoms with E-state index in [-0.39, 0.29) is 0 Å². The molecule has 1 fully saturated rings. The highest BCUT2D eigenvalue weighted by Crippen LogP contribution is 2.20. The predicted molar refractivity (Wildman–Crippen MR) is 82.1 cm³/mol. The first-order valence-corrected chi connectivity index (χ1v) is 7.93. The third-order valence-electron chi connectivity index (χ3n) is 4.76. The summed E-state index contributed by atoms with van der Waals surface area (Å²) >= 11 is 0. The van der Waals surface area contributed by atoms with Crippen molar-refractivity contribution in [2.24, 2.45) is 5.92 Å². The molecule has 4 heteroatoms. The SMILES string of the molecule is CCC(C)C1CN(Cc2cccc(F)c2F)C(C)CCN1. The number of hydrogen-bond donors (Lipinski definition) is 1. The van der Waals surface area contributed by atoms with E-state index < -0.39 is 11.6 Å². The standard InChI is InChI=1S/C17H26F2N2/c1-4-12(2)16-11-21(13(3)8-9-20-16)10-14-6-5-7-15(18)17(14)19/h5-7,12-13,16,20H,4,8-11H2,1-3H3. The summed E-state index contributed by atoms with van der Waals surface area (Å²) in [6.45, 7) is 8.94. The molecule has 0 aliphatic carbocycles. The minimum atomic E-state index is -0.758. The molecule has 2 nitrogen and oxygen atoms in total. The van der Waals surface area contributed by atoms with Gasteiger partial charge in [-0.3, -0.25) is 4.90 Å². The Morgan fingerprint density at radius 1 is 1.38 bits per heavy atom. The molecule has 3 atom stereocenters. The fraction of sp³-hybridized carbons (Fsp3) is 0.647. The Hall–Kier alpha value is -1.00. The van der Waals surface area contributed by atoms with Gasteiger partial charge in [0.25, 0.3) is 0 Å². The van der Waals surface area contributed by atoms with E-state index in [0.717, 1.165) is 25.9 Å². The van der Waals surface area contributed by atoms with Crippen molar-refractivity contribution in [3.05, 3.63) is 35.4 Å². The van der Waals surface area contributed by atoms with Crippen LogP contribution in [-0.4, -0.2) is 30.1 Å². The fourth-order valence-electron chi connectivity index (χ4n) is 2.93. The maximum Gasteiger partial charge on any atom is 0.163 e. The van der Waals surface area contributed by atoms with Gasteiger partial charge in [0.05, 0.1) is 0 Å². The van der Waals surface area contributed by atoms with E-state index in [4.69, 9.17) is 0 Å². The topological polar surface area (TPSA) is 15.3 Å². The van der Waals surface area contributed by atoms with Crippen LogP contribution < -0.4 is 5.32 Å². The average molecular weight is 296 g/mol. The quantitative estimate of drug-likeness (QED) is 0.914. The Bertz CT molecular complexity index is 464. The molecule has 0 spiro atoms. The van der Waals surface area contributed by atoms with Gasteiger partial charge in [0.15, 0.2) is 11.6 Å². The number of halogens is 2. The van der Waals surface area contributed by atoms with Crippen molar-refractivity contribution in [2.75, 3.05) is 13.1 Å². The first-order chi connectivity index (χ1) is 10.0. The largest absolute Gasteiger partial charge is 0.312 e. The second-order valence-electron chi connectivity index (χ2n) is 6.23. The molecular weight excluding hydrogens is 270 g/mol. The van der Waals surface area contributed by atoms with Gasteiger partial charge in [0.1, 0.15) is 0 Å². The normalized spacial score (nSPS) is 25.6. The van der Waals surface area contributed by atoms with Gasteiger partial charge >= 0.3 is 0 Å². The summed E-state index contributed by atoms with van der Waals surface area (Å²) in [5.41, 5.74) is 0.451. The van der Waals surface area contributed by atoms with E-state index in [9.17, 15) is 8.78 Å². The fourth-order valence-corrected chi connectivity index (χ4v) is 2.93. The van der Waals surface area contributed by atoms with E-state index in [1.165, 1.54) is 6.07 Å². The van der Waals surface area contributed by atoms with E-state index in [0.29, 0.717) is 30.1 Å². The van der Waals surface area contributed by atoms with Crippen LogP contribution in [0.15, 0.2) is 18.2 Å². The number of rotatable bonds is 4. The van der Waals surface area contributed by atoms with Crippen LogP contribution in [0.5, 0.6) is 0 Å². The van der Waals surface area contributed by atoms with Gasteiger partial charge in [-0.05, 0) is 31.9 Å². The second-order valence-corrected chi connectivity index (χ2v) is 6.23. The molecule has 2 rings (SSSR count). The summed E-state index contributed by atoms with van der Waals surface area (Å²) in [7, 11) is 0. The molecule has 1 aliphatic heterocycles. The zero-order valence-corrected chi connectivity index (χ0v) is 13.2. The highest BCUT2D eigenvalue weighted by atomic mass is 19.2. The van der Waals surface area contributed by atoms with Crippen LogP contribution in [0.1, 0.15) is 39.2 Å². The van der Waals surface area contributed by atoms with Crippen LogP contribution in [0.3, 0.4) is 0 Å². The summed E-state index contributed by atoms with van der Waals surface area (Å²) in [5, 5.41) is 3.59. The Morgan fingerprint density at radius 3 is 2.86 bits per heavy atom. The molecule has 0 saturated carbocycles. The van der Waals surface area contributed by atoms with Gasteiger partial charge in [0.2, 0.25) is 0 Å². The highest BCUT2D eigenvalue weighted by Gasteiger charge is 2.26. The zero-order chi connectivity index (χ0) is 15.4. The lowest BCUT2D eigenvalue weighted by Gasteiger charge is -2.31. The van der Waals surface area contributed by atoms with Crippen molar-refractivity contribution in [3.8, 4) is 0 Å². The van der Waals surface area contributed by atoms with Crippen molar-refractivity contribution >= 4 is 0 Å². The molecule has 3 unspecified atom stereocenters. The molecule has 1 aromatic rings. The average Bonchev–Trinajstić information content (AvgIpc) is 2.65. The van der Waals surface area contributed by atoms with Crippen molar-refractivity contribution < 1.29 is 8.78 Å². The number of nitrogens with one attached hydrogen (secondary N) is 1. The van der Waals surface area contributed by atoms with Gasteiger partial charge in [-0.15, -0.1) is 0 Å². The van der Waals surface area contributed by atoms with Crippen LogP contribution in [0.25, 0.3) is 0 Å². The first kappa shape index (κ1) is 16.4. The smallest absolute Gasteiger partial charge is 0.163 e. The van der Waals surface area contributed by atoms with Gasteiger partial charge in [0, 0.05) is 30.7 Å². The predicted octanol–water partition coefficient (Wildman–Crippen LogP) is 3.56. The molecule has 21 heavy (non-hydrogen) atoms. The first-order valence-electron chi connectivity index (χ1n) is 7.93. The summed E-state index contributed by atoms with van der Waals surface area (Å²) in [6, 6.07) is 5.22. The molecule has 1 aromatic carbocycles. The Balaban J connectivity index is 2.13. The Kier molecular flexibility index (Phi) is 5.71. The maximum atomic E-state index is 13.9. The molecule has 1 saturated heterocycles. The molecule has 0 aromatic heterocycles. The molecule has 0 bridgehead atoms. The van der Waals surface area contributed by atoms with Crippen LogP contribution >= 0.6 is 0 Å². The highest BCUT2D eigenvalue weighted by molar-refractivity contribution is 5.19. The van der Waals surface area contributed by atoms with E-state index in [1.807, 2.05) is 0 Å². The number of benzene rings is 1. The number of hydrogen-bond acceptors (Lipinski definition) is 2. The third-order valence-corrected chi connectivity index (χ3v) is 4.76. The van der Waals surface area contributed by atoms with E-state index >= 15 is 0 Å². The monoisotopic (exact) mass is 296 g/mol. The lowest BCUT2D eigenvalue weighted by atomic mass is 9.98. The molecule has 0 radical (unpaired) electrons. The zero-order valence-electron chi connectivity index (χ0n) is 13.2. The Morgan fingerprint density at radius 2 is 2.14 bits per heavy atom. The van der Waals surface area contributed by atoms with Crippen LogP contribution in [0, 0.1) is 17.6 Å². The van der Waals surface area contributed by atoms with Gasteiger partial charge < -0.3 is 5.32 Å². The molecule has 1 heterocycles. The lowest BCUT2D eigenvalue weighted by Crippen LogP contribution is -2.43. The van der Waals surface area contributed by atoms with Crippen LogP contribution in [0.4, 0.5) is 8.78 Å². The molecular formula is C17H26F2N2. The van der Waals surface area contributed by atoms with Crippen LogP contribution in [-0.2, 0) is 6.54 Å². The second kappa shape index (κ2) is 7.32. The molecule has 0 amide bonds. The van der Waals surface area contributed by atoms with Crippen molar-refractivity contribution in [2.45, 2.75) is 52.2 Å². The van der Waals surface area contributed by atoms with Gasteiger partial charge in [-0.1, -0.05) is 32.4 Å². The molecule has 1 aliphatic rings. The summed E-state index contributed by atoms with van der Waals surface area (Å²) in [5.74, 6) is -0.885. The van der Waals surface area contributed by atoms with E-state index in [2.05, 4.69) is 31.0 Å². The van der Waals surface area contributed by atoms with Crippen LogP contribution in [0.2, 0.25) is 0 Å². The van der Waals surface area contributed by atoms with Crippen molar-refractivity contribution in [1.82, 2.24) is 10.2 Å². The summed E-state index contributed by atoms with van der Waals surface area (Å²) in [4.78, 5) is 2.27. The third kappa shape index (κ3) is 4.01. The maximum absolute atomic E-state index is 13.9. The number of nitrogens with zero attached hydrogens (tertiary/aromatic N) is 1. The Labute approximate surface area is 126 Å². The van der Waals surface area contributed by atoms with Gasteiger partial charge in [-0.2, -0.15) is 0 Å². The van der Waals surface area contributed by atoms with Crippen molar-refractivity contribution in [3.63, 3.8) is 0 Å². The summed E-state index contributed by atoms with van der Waals surface area (Å²) < 4.78 is 27.3. The van der Waals surface area contributed by atoms with Gasteiger partial charge in [-0.25, -0.2) is 8.78 Å². The summed E-state index contributed by atoms with van der Waals surface area (Å²) in [6.07, 6.45) is 2.15. The molecule has 1 N–H and O–H groups in total. The van der Waals surface area contributed by atoms with E-state index in [1.54, 1.807) is 12.1 Å².